The summed E-state index contributed by atoms with van der Waals surface area (Å²) in [5, 5.41) is 2.09. The molecule has 2 aromatic rings. The molecule has 1 atom stereocenters. The average Bonchev–Trinajstić information content (AvgIpc) is 2.83. The van der Waals surface area contributed by atoms with Gasteiger partial charge in [-0.05, 0) is 29.0 Å². The van der Waals surface area contributed by atoms with Gasteiger partial charge in [0.2, 0.25) is 0 Å². The van der Waals surface area contributed by atoms with Gasteiger partial charge < -0.3 is 5.73 Å². The Morgan fingerprint density at radius 1 is 1.25 bits per heavy atom. The molecule has 0 spiro atoms. The summed E-state index contributed by atoms with van der Waals surface area (Å²) in [4.78, 5) is 1.27. The molecular formula is C14H15NS. The quantitative estimate of drug-likeness (QED) is 0.788. The first kappa shape index (κ1) is 11.1. The fourth-order valence-corrected chi connectivity index (χ4v) is 2.56. The van der Waals surface area contributed by atoms with E-state index in [0.29, 0.717) is 0 Å². The van der Waals surface area contributed by atoms with E-state index in [0.717, 1.165) is 6.42 Å². The summed E-state index contributed by atoms with van der Waals surface area (Å²) < 4.78 is 0. The Morgan fingerprint density at radius 3 is 2.75 bits per heavy atom. The van der Waals surface area contributed by atoms with Gasteiger partial charge in [0, 0.05) is 10.9 Å². The van der Waals surface area contributed by atoms with E-state index in [1.54, 1.807) is 11.3 Å². The van der Waals surface area contributed by atoms with Crippen LogP contribution in [-0.2, 0) is 0 Å². The van der Waals surface area contributed by atoms with Gasteiger partial charge >= 0.3 is 0 Å². The zero-order valence-electron chi connectivity index (χ0n) is 9.10. The summed E-state index contributed by atoms with van der Waals surface area (Å²) in [5.74, 6) is 0. The molecule has 0 radical (unpaired) electrons. The van der Waals surface area contributed by atoms with Crippen molar-refractivity contribution in [3.63, 3.8) is 0 Å². The van der Waals surface area contributed by atoms with Crippen LogP contribution in [0, 0.1) is 0 Å². The molecule has 0 aliphatic carbocycles. The Morgan fingerprint density at radius 2 is 2.06 bits per heavy atom. The van der Waals surface area contributed by atoms with Crippen molar-refractivity contribution in [3.05, 3.63) is 60.0 Å². The van der Waals surface area contributed by atoms with Crippen LogP contribution in [0.2, 0.25) is 0 Å². The van der Waals surface area contributed by atoms with Crippen LogP contribution in [0.15, 0.2) is 54.4 Å². The Balaban J connectivity index is 2.42. The molecule has 1 nitrogen and oxygen atoms in total. The molecule has 16 heavy (non-hydrogen) atoms. The Labute approximate surface area is 100 Å². The van der Waals surface area contributed by atoms with E-state index in [1.165, 1.54) is 16.0 Å². The first-order valence-corrected chi connectivity index (χ1v) is 6.20. The van der Waals surface area contributed by atoms with Gasteiger partial charge in [0.15, 0.2) is 0 Å². The minimum absolute atomic E-state index is 0.0378. The second kappa shape index (κ2) is 5.10. The molecule has 1 heterocycles. The van der Waals surface area contributed by atoms with Crippen LogP contribution >= 0.6 is 11.3 Å². The number of thiophene rings is 1. The van der Waals surface area contributed by atoms with Gasteiger partial charge in [0.1, 0.15) is 0 Å². The van der Waals surface area contributed by atoms with Crippen LogP contribution < -0.4 is 5.73 Å². The molecule has 0 saturated heterocycles. The fraction of sp³-hybridized carbons (Fsp3) is 0.143. The molecule has 0 amide bonds. The third-order valence-electron chi connectivity index (χ3n) is 2.57. The molecule has 2 N–H and O–H groups in total. The van der Waals surface area contributed by atoms with Crippen LogP contribution in [0.25, 0.3) is 10.4 Å². The fourth-order valence-electron chi connectivity index (χ4n) is 1.78. The highest BCUT2D eigenvalue weighted by atomic mass is 32.1. The Kier molecular flexibility index (Phi) is 3.54. The maximum Gasteiger partial charge on any atom is 0.0346 e. The molecule has 1 aromatic heterocycles. The van der Waals surface area contributed by atoms with E-state index >= 15 is 0 Å². The SMILES string of the molecule is C=CCC(N)c1ccccc1-c1cccs1. The van der Waals surface area contributed by atoms with Crippen LogP contribution in [0.4, 0.5) is 0 Å². The summed E-state index contributed by atoms with van der Waals surface area (Å²) >= 11 is 1.74. The van der Waals surface area contributed by atoms with Crippen molar-refractivity contribution in [2.75, 3.05) is 0 Å². The smallest absolute Gasteiger partial charge is 0.0346 e. The molecule has 0 aliphatic rings. The predicted molar refractivity (Wildman–Crippen MR) is 71.5 cm³/mol. The van der Waals surface area contributed by atoms with E-state index in [2.05, 4.69) is 42.3 Å². The van der Waals surface area contributed by atoms with Crippen LogP contribution in [-0.4, -0.2) is 0 Å². The lowest BCUT2D eigenvalue weighted by molar-refractivity contribution is 0.744. The van der Waals surface area contributed by atoms with Crippen molar-refractivity contribution in [2.24, 2.45) is 5.73 Å². The largest absolute Gasteiger partial charge is 0.324 e. The summed E-state index contributed by atoms with van der Waals surface area (Å²) in [6, 6.07) is 12.6. The maximum absolute atomic E-state index is 6.15. The van der Waals surface area contributed by atoms with Gasteiger partial charge in [-0.3, -0.25) is 0 Å². The molecule has 82 valence electrons. The monoisotopic (exact) mass is 229 g/mol. The second-order valence-corrected chi connectivity index (χ2v) is 4.64. The summed E-state index contributed by atoms with van der Waals surface area (Å²) in [6.07, 6.45) is 2.68. The normalized spacial score (nSPS) is 12.3. The molecule has 1 unspecified atom stereocenters. The van der Waals surface area contributed by atoms with Crippen LogP contribution in [0.5, 0.6) is 0 Å². The summed E-state index contributed by atoms with van der Waals surface area (Å²) in [7, 11) is 0. The maximum atomic E-state index is 6.15. The Bertz CT molecular complexity index is 459. The van der Waals surface area contributed by atoms with Gasteiger partial charge in [0.05, 0.1) is 0 Å². The highest BCUT2D eigenvalue weighted by Gasteiger charge is 2.10. The van der Waals surface area contributed by atoms with Crippen LogP contribution in [0.1, 0.15) is 18.0 Å². The van der Waals surface area contributed by atoms with Gasteiger partial charge in [0.25, 0.3) is 0 Å². The minimum Gasteiger partial charge on any atom is -0.324 e. The first-order chi connectivity index (χ1) is 7.83. The molecular weight excluding hydrogens is 214 g/mol. The van der Waals surface area contributed by atoms with E-state index in [9.17, 15) is 0 Å². The van der Waals surface area contributed by atoms with Gasteiger partial charge in [-0.2, -0.15) is 0 Å². The molecule has 0 aliphatic heterocycles. The topological polar surface area (TPSA) is 26.0 Å². The van der Waals surface area contributed by atoms with Crippen LogP contribution in [0.3, 0.4) is 0 Å². The van der Waals surface area contributed by atoms with Crippen molar-refractivity contribution in [3.8, 4) is 10.4 Å². The van der Waals surface area contributed by atoms with Crippen molar-refractivity contribution in [1.29, 1.82) is 0 Å². The summed E-state index contributed by atoms with van der Waals surface area (Å²) in [6.45, 7) is 3.74. The number of hydrogen-bond donors (Lipinski definition) is 1. The lowest BCUT2D eigenvalue weighted by Gasteiger charge is -2.13. The molecule has 0 fully saturated rings. The zero-order valence-corrected chi connectivity index (χ0v) is 9.91. The minimum atomic E-state index is 0.0378. The van der Waals surface area contributed by atoms with Gasteiger partial charge in [-0.25, -0.2) is 0 Å². The number of hydrogen-bond acceptors (Lipinski definition) is 2. The Hall–Kier alpha value is -1.38. The summed E-state index contributed by atoms with van der Waals surface area (Å²) in [5.41, 5.74) is 8.59. The second-order valence-electron chi connectivity index (χ2n) is 3.70. The highest BCUT2D eigenvalue weighted by Crippen LogP contribution is 2.31. The third kappa shape index (κ3) is 2.23. The molecule has 2 rings (SSSR count). The molecule has 1 aromatic carbocycles. The standard InChI is InChI=1S/C14H15NS/c1-2-6-13(15)11-7-3-4-8-12(11)14-9-5-10-16-14/h2-5,7-10,13H,1,6,15H2. The van der Waals surface area contributed by atoms with Crippen molar-refractivity contribution in [2.45, 2.75) is 12.5 Å². The van der Waals surface area contributed by atoms with Gasteiger partial charge in [-0.1, -0.05) is 36.4 Å². The molecule has 0 saturated carbocycles. The third-order valence-corrected chi connectivity index (χ3v) is 3.47. The highest BCUT2D eigenvalue weighted by molar-refractivity contribution is 7.13. The van der Waals surface area contributed by atoms with E-state index in [4.69, 9.17) is 5.73 Å². The van der Waals surface area contributed by atoms with E-state index in [1.807, 2.05) is 12.1 Å². The average molecular weight is 229 g/mol. The molecule has 2 heteroatoms. The predicted octanol–water partition coefficient (Wildman–Crippen LogP) is 3.99. The zero-order chi connectivity index (χ0) is 11.4. The van der Waals surface area contributed by atoms with E-state index in [-0.39, 0.29) is 6.04 Å². The number of rotatable bonds is 4. The lowest BCUT2D eigenvalue weighted by atomic mass is 9.98. The van der Waals surface area contributed by atoms with Gasteiger partial charge in [-0.15, -0.1) is 17.9 Å². The molecule has 0 bridgehead atoms. The number of nitrogens with two attached hydrogens (primary N) is 1. The first-order valence-electron chi connectivity index (χ1n) is 5.32. The van der Waals surface area contributed by atoms with E-state index < -0.39 is 0 Å². The van der Waals surface area contributed by atoms with Crippen molar-refractivity contribution >= 4 is 11.3 Å². The van der Waals surface area contributed by atoms with Crippen molar-refractivity contribution < 1.29 is 0 Å². The van der Waals surface area contributed by atoms with Crippen molar-refractivity contribution in [1.82, 2.24) is 0 Å². The lowest BCUT2D eigenvalue weighted by Crippen LogP contribution is -2.10. The number of benzene rings is 1.